The van der Waals surface area contributed by atoms with E-state index >= 15 is 0 Å². The van der Waals surface area contributed by atoms with E-state index in [9.17, 15) is 4.79 Å². The number of aryl methyl sites for hydroxylation is 2. The lowest BCUT2D eigenvalue weighted by molar-refractivity contribution is 0.0946. The number of nitrogens with zero attached hydrogens (tertiary/aromatic N) is 1. The van der Waals surface area contributed by atoms with Crippen LogP contribution in [0.15, 0.2) is 54.7 Å². The lowest BCUT2D eigenvalue weighted by atomic mass is 10.1. The van der Waals surface area contributed by atoms with E-state index in [2.05, 4.69) is 28.5 Å². The number of aromatic nitrogens is 2. The molecule has 25 heavy (non-hydrogen) atoms. The molecule has 2 aromatic carbocycles. The van der Waals surface area contributed by atoms with E-state index in [1.54, 1.807) is 0 Å². The van der Waals surface area contributed by atoms with Crippen LogP contribution in [0, 0.1) is 6.92 Å². The summed E-state index contributed by atoms with van der Waals surface area (Å²) in [7, 11) is 1.95. The quantitative estimate of drug-likeness (QED) is 0.585. The van der Waals surface area contributed by atoms with Crippen LogP contribution in [0.5, 0.6) is 0 Å². The molecule has 0 aliphatic rings. The van der Waals surface area contributed by atoms with Gasteiger partial charge < -0.3 is 14.9 Å². The Morgan fingerprint density at radius 2 is 1.80 bits per heavy atom. The third-order valence-electron chi connectivity index (χ3n) is 4.93. The summed E-state index contributed by atoms with van der Waals surface area (Å²) in [5.41, 5.74) is 5.21. The molecule has 4 heteroatoms. The summed E-state index contributed by atoms with van der Waals surface area (Å²) >= 11 is 0. The number of carbonyl (C=O) groups excluding carboxylic acids is 1. The zero-order chi connectivity index (χ0) is 17.4. The molecule has 0 fully saturated rings. The Morgan fingerprint density at radius 1 is 1.08 bits per heavy atom. The SMILES string of the molecule is Cc1c(C(=O)NCCc2c[nH]c3ccccc23)n(C)c2ccccc12. The van der Waals surface area contributed by atoms with Crippen molar-refractivity contribution in [3.8, 4) is 0 Å². The van der Waals surface area contributed by atoms with E-state index in [1.807, 2.05) is 55.1 Å². The van der Waals surface area contributed by atoms with Crippen molar-refractivity contribution < 1.29 is 4.79 Å². The largest absolute Gasteiger partial charge is 0.361 e. The average molecular weight is 331 g/mol. The Morgan fingerprint density at radius 3 is 2.60 bits per heavy atom. The standard InChI is InChI=1S/C21H21N3O/c1-14-16-7-4-6-10-19(16)24(2)20(14)21(25)22-12-11-15-13-23-18-9-5-3-8-17(15)18/h3-10,13,23H,11-12H2,1-2H3,(H,22,25). The van der Waals surface area contributed by atoms with Crippen molar-refractivity contribution >= 4 is 27.7 Å². The van der Waals surface area contributed by atoms with Crippen LogP contribution in [-0.2, 0) is 13.5 Å². The number of aromatic amines is 1. The first-order valence-electron chi connectivity index (χ1n) is 8.54. The van der Waals surface area contributed by atoms with E-state index < -0.39 is 0 Å². The van der Waals surface area contributed by atoms with Crippen molar-refractivity contribution in [2.45, 2.75) is 13.3 Å². The van der Waals surface area contributed by atoms with E-state index in [4.69, 9.17) is 0 Å². The van der Waals surface area contributed by atoms with Crippen molar-refractivity contribution in [3.05, 3.63) is 71.5 Å². The van der Waals surface area contributed by atoms with Crippen molar-refractivity contribution in [3.63, 3.8) is 0 Å². The van der Waals surface area contributed by atoms with Gasteiger partial charge in [0, 0.05) is 41.6 Å². The van der Waals surface area contributed by atoms with Crippen LogP contribution in [0.3, 0.4) is 0 Å². The van der Waals surface area contributed by atoms with Crippen molar-refractivity contribution in [2.75, 3.05) is 6.54 Å². The fourth-order valence-electron chi connectivity index (χ4n) is 3.64. The molecule has 126 valence electrons. The Balaban J connectivity index is 1.51. The molecule has 0 spiro atoms. The number of hydrogen-bond donors (Lipinski definition) is 2. The molecule has 0 saturated carbocycles. The number of benzene rings is 2. The molecule has 1 amide bonds. The molecule has 2 aromatic heterocycles. The van der Waals surface area contributed by atoms with E-state index in [0.29, 0.717) is 6.54 Å². The van der Waals surface area contributed by atoms with Gasteiger partial charge in [-0.25, -0.2) is 0 Å². The molecule has 4 nitrogen and oxygen atoms in total. The van der Waals surface area contributed by atoms with Crippen molar-refractivity contribution in [1.82, 2.24) is 14.9 Å². The molecule has 2 N–H and O–H groups in total. The molecule has 0 bridgehead atoms. The number of rotatable bonds is 4. The number of H-pyrrole nitrogens is 1. The topological polar surface area (TPSA) is 49.8 Å². The number of para-hydroxylation sites is 2. The van der Waals surface area contributed by atoms with Crippen LogP contribution in [0.1, 0.15) is 21.6 Å². The first kappa shape index (κ1) is 15.5. The van der Waals surface area contributed by atoms with Gasteiger partial charge >= 0.3 is 0 Å². The first-order chi connectivity index (χ1) is 12.2. The van der Waals surface area contributed by atoms with Gasteiger partial charge in [0.05, 0.1) is 0 Å². The van der Waals surface area contributed by atoms with Crippen LogP contribution in [-0.4, -0.2) is 22.0 Å². The van der Waals surface area contributed by atoms with Crippen molar-refractivity contribution in [2.24, 2.45) is 7.05 Å². The first-order valence-corrected chi connectivity index (χ1v) is 8.54. The molecule has 0 unspecified atom stereocenters. The van der Waals surface area contributed by atoms with Gasteiger partial charge in [0.25, 0.3) is 5.91 Å². The summed E-state index contributed by atoms with van der Waals surface area (Å²) < 4.78 is 1.98. The number of hydrogen-bond acceptors (Lipinski definition) is 1. The highest BCUT2D eigenvalue weighted by Gasteiger charge is 2.17. The zero-order valence-electron chi connectivity index (χ0n) is 14.5. The smallest absolute Gasteiger partial charge is 0.268 e. The van der Waals surface area contributed by atoms with Gasteiger partial charge in [-0.1, -0.05) is 36.4 Å². The fourth-order valence-corrected chi connectivity index (χ4v) is 3.64. The van der Waals surface area contributed by atoms with E-state index in [1.165, 1.54) is 10.9 Å². The molecule has 4 aromatic rings. The third kappa shape index (κ3) is 2.60. The van der Waals surface area contributed by atoms with Crippen LogP contribution >= 0.6 is 0 Å². The van der Waals surface area contributed by atoms with Gasteiger partial charge in [0.15, 0.2) is 0 Å². The summed E-state index contributed by atoms with van der Waals surface area (Å²) in [5.74, 6) is -0.0176. The van der Waals surface area contributed by atoms with Crippen LogP contribution in [0.25, 0.3) is 21.8 Å². The Hall–Kier alpha value is -3.01. The van der Waals surface area contributed by atoms with Gasteiger partial charge in [-0.05, 0) is 36.6 Å². The minimum absolute atomic E-state index is 0.0176. The molecular weight excluding hydrogens is 310 g/mol. The normalized spacial score (nSPS) is 11.3. The number of fused-ring (bicyclic) bond motifs is 2. The lowest BCUT2D eigenvalue weighted by Crippen LogP contribution is -2.28. The fraction of sp³-hybridized carbons (Fsp3) is 0.190. The molecule has 2 heterocycles. The highest BCUT2D eigenvalue weighted by molar-refractivity contribution is 6.01. The molecule has 0 aliphatic heterocycles. The van der Waals surface area contributed by atoms with Crippen LogP contribution in [0.2, 0.25) is 0 Å². The lowest BCUT2D eigenvalue weighted by Gasteiger charge is -2.07. The van der Waals surface area contributed by atoms with Crippen LogP contribution in [0.4, 0.5) is 0 Å². The second-order valence-electron chi connectivity index (χ2n) is 6.42. The van der Waals surface area contributed by atoms with E-state index in [-0.39, 0.29) is 5.91 Å². The van der Waals surface area contributed by atoms with E-state index in [0.717, 1.165) is 34.1 Å². The molecule has 0 saturated heterocycles. The summed E-state index contributed by atoms with van der Waals surface area (Å²) in [6.07, 6.45) is 2.83. The van der Waals surface area contributed by atoms with Gasteiger partial charge in [0.1, 0.15) is 5.69 Å². The van der Waals surface area contributed by atoms with Gasteiger partial charge in [-0.2, -0.15) is 0 Å². The maximum atomic E-state index is 12.7. The highest BCUT2D eigenvalue weighted by Crippen LogP contribution is 2.24. The minimum Gasteiger partial charge on any atom is -0.361 e. The maximum Gasteiger partial charge on any atom is 0.268 e. The summed E-state index contributed by atoms with van der Waals surface area (Å²) in [4.78, 5) is 16.0. The summed E-state index contributed by atoms with van der Waals surface area (Å²) in [6.45, 7) is 2.62. The van der Waals surface area contributed by atoms with Crippen LogP contribution < -0.4 is 5.32 Å². The second-order valence-corrected chi connectivity index (χ2v) is 6.42. The number of carbonyl (C=O) groups is 1. The maximum absolute atomic E-state index is 12.7. The molecule has 4 rings (SSSR count). The Kier molecular flexibility index (Phi) is 3.80. The highest BCUT2D eigenvalue weighted by atomic mass is 16.1. The summed E-state index contributed by atoms with van der Waals surface area (Å²) in [5, 5.41) is 5.42. The zero-order valence-corrected chi connectivity index (χ0v) is 14.5. The summed E-state index contributed by atoms with van der Waals surface area (Å²) in [6, 6.07) is 16.4. The van der Waals surface area contributed by atoms with Gasteiger partial charge in [-0.15, -0.1) is 0 Å². The molecule has 0 atom stereocenters. The Bertz CT molecular complexity index is 1030. The Labute approximate surface area is 146 Å². The predicted molar refractivity (Wildman–Crippen MR) is 102 cm³/mol. The van der Waals surface area contributed by atoms with Gasteiger partial charge in [0.2, 0.25) is 0 Å². The minimum atomic E-state index is -0.0176. The number of amides is 1. The monoisotopic (exact) mass is 331 g/mol. The van der Waals surface area contributed by atoms with Gasteiger partial charge in [-0.3, -0.25) is 4.79 Å². The molecule has 0 aliphatic carbocycles. The predicted octanol–water partition coefficient (Wildman–Crippen LogP) is 3.94. The average Bonchev–Trinajstić information content (AvgIpc) is 3.15. The molecular formula is C21H21N3O. The third-order valence-corrected chi connectivity index (χ3v) is 4.93. The molecule has 0 radical (unpaired) electrons. The second kappa shape index (κ2) is 6.13. The number of nitrogens with one attached hydrogen (secondary N) is 2. The van der Waals surface area contributed by atoms with Crippen molar-refractivity contribution in [1.29, 1.82) is 0 Å².